The summed E-state index contributed by atoms with van der Waals surface area (Å²) in [5, 5.41) is 5.49. The van der Waals surface area contributed by atoms with E-state index in [4.69, 9.17) is 21.7 Å². The van der Waals surface area contributed by atoms with E-state index in [2.05, 4.69) is 10.6 Å². The lowest BCUT2D eigenvalue weighted by molar-refractivity contribution is -0.115. The van der Waals surface area contributed by atoms with E-state index >= 15 is 0 Å². The van der Waals surface area contributed by atoms with E-state index in [0.717, 1.165) is 5.56 Å². The molecule has 7 nitrogen and oxygen atoms in total. The molecule has 0 unspecified atom stereocenters. The van der Waals surface area contributed by atoms with Crippen LogP contribution in [0.2, 0.25) is 0 Å². The maximum Gasteiger partial charge on any atom is 0.250 e. The second-order valence-electron chi connectivity index (χ2n) is 7.35. The highest BCUT2D eigenvalue weighted by Crippen LogP contribution is 2.33. The first-order chi connectivity index (χ1) is 16.0. The van der Waals surface area contributed by atoms with Gasteiger partial charge in [0, 0.05) is 34.0 Å². The molecule has 1 heterocycles. The Hall–Kier alpha value is -4.30. The smallest absolute Gasteiger partial charge is 0.250 e. The largest absolute Gasteiger partial charge is 0.454 e. The van der Waals surface area contributed by atoms with E-state index in [1.165, 1.54) is 6.08 Å². The van der Waals surface area contributed by atoms with E-state index in [-0.39, 0.29) is 23.5 Å². The molecule has 3 aromatic rings. The normalized spacial score (nSPS) is 13.5. The van der Waals surface area contributed by atoms with Gasteiger partial charge in [-0.25, -0.2) is 0 Å². The number of rotatable bonds is 3. The lowest BCUT2D eigenvalue weighted by Crippen LogP contribution is -2.33. The second-order valence-corrected chi connectivity index (χ2v) is 7.76. The van der Waals surface area contributed by atoms with E-state index in [1.807, 2.05) is 0 Å². The number of nitrogens with one attached hydrogen (secondary N) is 2. The number of hydrogen-bond acceptors (Lipinski definition) is 6. The molecule has 0 saturated carbocycles. The third-order valence-corrected chi connectivity index (χ3v) is 5.45. The summed E-state index contributed by atoms with van der Waals surface area (Å²) >= 11 is 5.21. The number of thiocarbonyl (C=S) groups is 1. The van der Waals surface area contributed by atoms with Crippen molar-refractivity contribution in [1.82, 2.24) is 5.32 Å². The minimum atomic E-state index is -0.427. The fourth-order valence-electron chi connectivity index (χ4n) is 3.68. The molecule has 0 saturated heterocycles. The first kappa shape index (κ1) is 20.6. The third kappa shape index (κ3) is 3.99. The summed E-state index contributed by atoms with van der Waals surface area (Å²) in [6.07, 6.45) is 2.97. The topological polar surface area (TPSA) is 93.7 Å². The Morgan fingerprint density at radius 3 is 2.33 bits per heavy atom. The minimum absolute atomic E-state index is 0.0604. The number of ketones is 2. The van der Waals surface area contributed by atoms with Gasteiger partial charge in [-0.2, -0.15) is 0 Å². The van der Waals surface area contributed by atoms with Crippen molar-refractivity contribution in [2.45, 2.75) is 0 Å². The Bertz CT molecular complexity index is 1380. The Labute approximate surface area is 194 Å². The van der Waals surface area contributed by atoms with Crippen molar-refractivity contribution in [3.63, 3.8) is 0 Å². The van der Waals surface area contributed by atoms with E-state index in [9.17, 15) is 14.4 Å². The first-order valence-corrected chi connectivity index (χ1v) is 10.4. The zero-order valence-corrected chi connectivity index (χ0v) is 17.9. The van der Waals surface area contributed by atoms with Crippen LogP contribution in [0.25, 0.3) is 6.08 Å². The van der Waals surface area contributed by atoms with Crippen LogP contribution in [0, 0.1) is 0 Å². The third-order valence-electron chi connectivity index (χ3n) is 5.24. The molecule has 1 amide bonds. The Morgan fingerprint density at radius 1 is 0.848 bits per heavy atom. The molecule has 5 rings (SSSR count). The van der Waals surface area contributed by atoms with Crippen LogP contribution in [-0.4, -0.2) is 29.4 Å². The molecule has 8 heteroatoms. The number of carbonyl (C=O) groups excluding carboxylic acids is 3. The van der Waals surface area contributed by atoms with Gasteiger partial charge in [-0.1, -0.05) is 30.3 Å². The van der Waals surface area contributed by atoms with Crippen LogP contribution in [-0.2, 0) is 4.79 Å². The standard InChI is InChI=1S/C25H16N2O5S/c28-22(10-6-14-5-9-20-21(11-14)32-13-31-20)27-25(33)26-15-7-8-18-19(12-15)24(30)17-4-2-1-3-16(17)23(18)29/h1-12H,13H2,(H2,26,27,28,33)/b10-6+. The van der Waals surface area contributed by atoms with Gasteiger partial charge in [-0.3, -0.25) is 19.7 Å². The summed E-state index contributed by atoms with van der Waals surface area (Å²) in [7, 11) is 0. The van der Waals surface area contributed by atoms with Crippen LogP contribution in [0.1, 0.15) is 37.4 Å². The van der Waals surface area contributed by atoms with Crippen molar-refractivity contribution in [3.05, 3.63) is 94.6 Å². The van der Waals surface area contributed by atoms with Crippen molar-refractivity contribution in [2.75, 3.05) is 12.1 Å². The van der Waals surface area contributed by atoms with Crippen molar-refractivity contribution >= 4 is 46.6 Å². The average Bonchev–Trinajstić information content (AvgIpc) is 3.29. The molecule has 33 heavy (non-hydrogen) atoms. The van der Waals surface area contributed by atoms with Gasteiger partial charge in [-0.15, -0.1) is 0 Å². The molecule has 162 valence electrons. The van der Waals surface area contributed by atoms with Crippen molar-refractivity contribution in [2.24, 2.45) is 0 Å². The lowest BCUT2D eigenvalue weighted by Gasteiger charge is -2.18. The first-order valence-electron chi connectivity index (χ1n) is 10.0. The molecule has 0 radical (unpaired) electrons. The van der Waals surface area contributed by atoms with Crippen molar-refractivity contribution < 1.29 is 23.9 Å². The highest BCUT2D eigenvalue weighted by molar-refractivity contribution is 7.80. The van der Waals surface area contributed by atoms with Crippen LogP contribution < -0.4 is 20.1 Å². The molecule has 0 atom stereocenters. The average molecular weight is 456 g/mol. The highest BCUT2D eigenvalue weighted by Gasteiger charge is 2.29. The number of amides is 1. The quantitative estimate of drug-likeness (QED) is 0.359. The molecule has 2 aliphatic rings. The number of carbonyl (C=O) groups is 3. The SMILES string of the molecule is O=C(/C=C/c1ccc2c(c1)OCO2)NC(=S)Nc1ccc2c(c1)C(=O)c1ccccc1C2=O. The van der Waals surface area contributed by atoms with Crippen molar-refractivity contribution in [1.29, 1.82) is 0 Å². The van der Waals surface area contributed by atoms with Gasteiger partial charge in [0.15, 0.2) is 28.2 Å². The van der Waals surface area contributed by atoms with E-state index < -0.39 is 5.91 Å². The molecular weight excluding hydrogens is 440 g/mol. The molecule has 0 bridgehead atoms. The molecular formula is C25H16N2O5S. The molecule has 3 aromatic carbocycles. The molecule has 0 fully saturated rings. The van der Waals surface area contributed by atoms with Crippen LogP contribution >= 0.6 is 12.2 Å². The summed E-state index contributed by atoms with van der Waals surface area (Å²) in [6, 6.07) is 16.9. The number of fused-ring (bicyclic) bond motifs is 3. The van der Waals surface area contributed by atoms with Gasteiger partial charge in [-0.05, 0) is 54.2 Å². The summed E-state index contributed by atoms with van der Waals surface area (Å²) in [6.45, 7) is 0.178. The Morgan fingerprint density at radius 2 is 1.55 bits per heavy atom. The number of benzene rings is 3. The molecule has 1 aliphatic heterocycles. The number of hydrogen-bond donors (Lipinski definition) is 2. The summed E-state index contributed by atoms with van der Waals surface area (Å²) in [5.41, 5.74) is 2.65. The fraction of sp³-hybridized carbons (Fsp3) is 0.0400. The summed E-state index contributed by atoms with van der Waals surface area (Å²) in [5.74, 6) is 0.429. The number of anilines is 1. The fourth-order valence-corrected chi connectivity index (χ4v) is 3.90. The van der Waals surface area contributed by atoms with Gasteiger partial charge < -0.3 is 14.8 Å². The van der Waals surface area contributed by atoms with E-state index in [1.54, 1.807) is 66.7 Å². The lowest BCUT2D eigenvalue weighted by atomic mass is 9.84. The molecule has 2 N–H and O–H groups in total. The molecule has 1 aliphatic carbocycles. The van der Waals surface area contributed by atoms with Crippen molar-refractivity contribution in [3.8, 4) is 11.5 Å². The van der Waals surface area contributed by atoms with Crippen LogP contribution in [0.3, 0.4) is 0 Å². The van der Waals surface area contributed by atoms with Gasteiger partial charge >= 0.3 is 0 Å². The zero-order chi connectivity index (χ0) is 22.9. The van der Waals surface area contributed by atoms with Gasteiger partial charge in [0.05, 0.1) is 0 Å². The molecule has 0 aromatic heterocycles. The van der Waals surface area contributed by atoms with Gasteiger partial charge in [0.1, 0.15) is 0 Å². The predicted molar refractivity (Wildman–Crippen MR) is 126 cm³/mol. The van der Waals surface area contributed by atoms with Crippen LogP contribution in [0.4, 0.5) is 5.69 Å². The molecule has 0 spiro atoms. The minimum Gasteiger partial charge on any atom is -0.454 e. The maximum atomic E-state index is 12.9. The van der Waals surface area contributed by atoms with Crippen LogP contribution in [0.15, 0.2) is 66.7 Å². The maximum absolute atomic E-state index is 12.9. The number of ether oxygens (including phenoxy) is 2. The summed E-state index contributed by atoms with van der Waals surface area (Å²) in [4.78, 5) is 37.8. The monoisotopic (exact) mass is 456 g/mol. The summed E-state index contributed by atoms with van der Waals surface area (Å²) < 4.78 is 10.6. The van der Waals surface area contributed by atoms with Crippen LogP contribution in [0.5, 0.6) is 11.5 Å². The Balaban J connectivity index is 1.25. The van der Waals surface area contributed by atoms with E-state index in [0.29, 0.717) is 39.4 Å². The van der Waals surface area contributed by atoms with Gasteiger partial charge in [0.25, 0.3) is 0 Å². The zero-order valence-electron chi connectivity index (χ0n) is 17.1. The second kappa shape index (κ2) is 8.33. The van der Waals surface area contributed by atoms with Gasteiger partial charge in [0.2, 0.25) is 12.7 Å². The predicted octanol–water partition coefficient (Wildman–Crippen LogP) is 3.72. The Kier molecular flexibility index (Phi) is 5.20. The highest BCUT2D eigenvalue weighted by atomic mass is 32.1.